The molecular formula is C10H12BrClN2O. The largest absolute Gasteiger partial charge is 0.340 e. The Hall–Kier alpha value is -0.580. The summed E-state index contributed by atoms with van der Waals surface area (Å²) in [7, 11) is 1.71. The SMILES string of the molecule is CN(CCN)C(=O)c1cc(Cl)cc(Br)c1. The molecule has 0 saturated heterocycles. The van der Waals surface area contributed by atoms with Crippen LogP contribution in [0, 0.1) is 0 Å². The second-order valence-corrected chi connectivity index (χ2v) is 4.53. The number of amides is 1. The number of nitrogens with two attached hydrogens (primary N) is 1. The van der Waals surface area contributed by atoms with Gasteiger partial charge in [0.15, 0.2) is 0 Å². The topological polar surface area (TPSA) is 46.3 Å². The first-order valence-electron chi connectivity index (χ1n) is 4.46. The van der Waals surface area contributed by atoms with Crippen molar-refractivity contribution in [3.05, 3.63) is 33.3 Å². The van der Waals surface area contributed by atoms with Gasteiger partial charge in [0.05, 0.1) is 0 Å². The van der Waals surface area contributed by atoms with Crippen molar-refractivity contribution in [2.75, 3.05) is 20.1 Å². The third-order valence-electron chi connectivity index (χ3n) is 1.92. The molecular weight excluding hydrogens is 279 g/mol. The molecule has 0 unspecified atom stereocenters. The Bertz CT molecular complexity index is 350. The molecule has 82 valence electrons. The van der Waals surface area contributed by atoms with Gasteiger partial charge >= 0.3 is 0 Å². The second-order valence-electron chi connectivity index (χ2n) is 3.17. The molecule has 0 aliphatic heterocycles. The zero-order valence-electron chi connectivity index (χ0n) is 8.34. The van der Waals surface area contributed by atoms with E-state index in [1.165, 1.54) is 0 Å². The standard InChI is InChI=1S/C10H12BrClN2O/c1-14(3-2-13)10(15)7-4-8(11)6-9(12)5-7/h4-6H,2-3,13H2,1H3. The van der Waals surface area contributed by atoms with E-state index in [1.807, 2.05) is 0 Å². The number of hydrogen-bond donors (Lipinski definition) is 1. The molecule has 2 N–H and O–H groups in total. The molecule has 0 saturated carbocycles. The molecule has 1 aromatic rings. The van der Waals surface area contributed by atoms with Crippen LogP contribution in [-0.2, 0) is 0 Å². The molecule has 15 heavy (non-hydrogen) atoms. The second kappa shape index (κ2) is 5.49. The third kappa shape index (κ3) is 3.48. The number of carbonyl (C=O) groups excluding carboxylic acids is 1. The van der Waals surface area contributed by atoms with Gasteiger partial charge in [0.2, 0.25) is 0 Å². The molecule has 3 nitrogen and oxygen atoms in total. The normalized spacial score (nSPS) is 10.1. The van der Waals surface area contributed by atoms with Crippen LogP contribution in [0.2, 0.25) is 5.02 Å². The fourth-order valence-electron chi connectivity index (χ4n) is 1.19. The average molecular weight is 292 g/mol. The van der Waals surface area contributed by atoms with E-state index in [2.05, 4.69) is 15.9 Å². The van der Waals surface area contributed by atoms with Crippen LogP contribution in [0.15, 0.2) is 22.7 Å². The number of nitrogens with zero attached hydrogens (tertiary/aromatic N) is 1. The molecule has 0 spiro atoms. The van der Waals surface area contributed by atoms with Gasteiger partial charge in [-0.2, -0.15) is 0 Å². The highest BCUT2D eigenvalue weighted by molar-refractivity contribution is 9.10. The molecule has 0 heterocycles. The molecule has 0 aliphatic carbocycles. The molecule has 1 rings (SSSR count). The molecule has 5 heteroatoms. The Morgan fingerprint density at radius 3 is 2.73 bits per heavy atom. The van der Waals surface area contributed by atoms with E-state index in [-0.39, 0.29) is 5.91 Å². The van der Waals surface area contributed by atoms with Crippen molar-refractivity contribution in [1.29, 1.82) is 0 Å². The van der Waals surface area contributed by atoms with Gasteiger partial charge in [0.1, 0.15) is 0 Å². The van der Waals surface area contributed by atoms with Gasteiger partial charge in [-0.05, 0) is 18.2 Å². The lowest BCUT2D eigenvalue weighted by atomic mass is 10.2. The fourth-order valence-corrected chi connectivity index (χ4v) is 2.05. The van der Waals surface area contributed by atoms with E-state index in [0.717, 1.165) is 4.47 Å². The number of rotatable bonds is 3. The smallest absolute Gasteiger partial charge is 0.253 e. The third-order valence-corrected chi connectivity index (χ3v) is 2.60. The Morgan fingerprint density at radius 2 is 2.20 bits per heavy atom. The first-order valence-corrected chi connectivity index (χ1v) is 5.63. The van der Waals surface area contributed by atoms with E-state index in [4.69, 9.17) is 17.3 Å². The lowest BCUT2D eigenvalue weighted by molar-refractivity contribution is 0.0799. The monoisotopic (exact) mass is 290 g/mol. The van der Waals surface area contributed by atoms with Crippen molar-refractivity contribution in [2.45, 2.75) is 0 Å². The molecule has 0 atom stereocenters. The Morgan fingerprint density at radius 1 is 1.53 bits per heavy atom. The Balaban J connectivity index is 2.90. The van der Waals surface area contributed by atoms with E-state index >= 15 is 0 Å². The van der Waals surface area contributed by atoms with Gasteiger partial charge in [-0.1, -0.05) is 27.5 Å². The van der Waals surface area contributed by atoms with Crippen molar-refractivity contribution < 1.29 is 4.79 Å². The zero-order chi connectivity index (χ0) is 11.4. The molecule has 1 aromatic carbocycles. The van der Waals surface area contributed by atoms with Crippen molar-refractivity contribution in [1.82, 2.24) is 4.90 Å². The maximum absolute atomic E-state index is 11.8. The van der Waals surface area contributed by atoms with Crippen LogP contribution >= 0.6 is 27.5 Å². The minimum absolute atomic E-state index is 0.0800. The van der Waals surface area contributed by atoms with Gasteiger partial charge in [-0.3, -0.25) is 4.79 Å². The van der Waals surface area contributed by atoms with Crippen LogP contribution < -0.4 is 5.73 Å². The van der Waals surface area contributed by atoms with Gasteiger partial charge in [0, 0.05) is 35.2 Å². The maximum atomic E-state index is 11.8. The first-order chi connectivity index (χ1) is 7.04. The van der Waals surface area contributed by atoms with Gasteiger partial charge in [-0.25, -0.2) is 0 Å². The maximum Gasteiger partial charge on any atom is 0.253 e. The summed E-state index contributed by atoms with van der Waals surface area (Å²) in [5, 5.41) is 0.536. The number of benzene rings is 1. The number of halogens is 2. The molecule has 0 radical (unpaired) electrons. The van der Waals surface area contributed by atoms with E-state index < -0.39 is 0 Å². The van der Waals surface area contributed by atoms with E-state index in [0.29, 0.717) is 23.7 Å². The van der Waals surface area contributed by atoms with Crippen LogP contribution in [0.5, 0.6) is 0 Å². The zero-order valence-corrected chi connectivity index (χ0v) is 10.7. The lowest BCUT2D eigenvalue weighted by Crippen LogP contribution is -2.31. The minimum atomic E-state index is -0.0800. The molecule has 0 bridgehead atoms. The highest BCUT2D eigenvalue weighted by Gasteiger charge is 2.11. The average Bonchev–Trinajstić information content (AvgIpc) is 2.15. The van der Waals surface area contributed by atoms with E-state index in [9.17, 15) is 4.79 Å². The molecule has 0 fully saturated rings. The van der Waals surface area contributed by atoms with Crippen molar-refractivity contribution in [3.8, 4) is 0 Å². The first kappa shape index (κ1) is 12.5. The Kier molecular flexibility index (Phi) is 4.57. The van der Waals surface area contributed by atoms with Crippen LogP contribution in [0.1, 0.15) is 10.4 Å². The Labute approximate surface area is 102 Å². The molecule has 0 aromatic heterocycles. The number of hydrogen-bond acceptors (Lipinski definition) is 2. The highest BCUT2D eigenvalue weighted by Crippen LogP contribution is 2.20. The van der Waals surface area contributed by atoms with Crippen molar-refractivity contribution >= 4 is 33.4 Å². The van der Waals surface area contributed by atoms with Crippen LogP contribution in [0.3, 0.4) is 0 Å². The molecule has 0 aliphatic rings. The van der Waals surface area contributed by atoms with Crippen LogP contribution in [0.4, 0.5) is 0 Å². The quantitative estimate of drug-likeness (QED) is 0.927. The van der Waals surface area contributed by atoms with Crippen molar-refractivity contribution in [2.24, 2.45) is 5.73 Å². The van der Waals surface area contributed by atoms with Gasteiger partial charge in [-0.15, -0.1) is 0 Å². The highest BCUT2D eigenvalue weighted by atomic mass is 79.9. The predicted molar refractivity (Wildman–Crippen MR) is 65.2 cm³/mol. The van der Waals surface area contributed by atoms with Crippen LogP contribution in [-0.4, -0.2) is 30.9 Å². The summed E-state index contributed by atoms with van der Waals surface area (Å²) >= 11 is 9.14. The number of carbonyl (C=O) groups is 1. The number of likely N-dealkylation sites (N-methyl/N-ethyl adjacent to an activating group) is 1. The summed E-state index contributed by atoms with van der Waals surface area (Å²) in [6.07, 6.45) is 0. The molecule has 1 amide bonds. The van der Waals surface area contributed by atoms with Crippen LogP contribution in [0.25, 0.3) is 0 Å². The minimum Gasteiger partial charge on any atom is -0.340 e. The summed E-state index contributed by atoms with van der Waals surface area (Å²) < 4.78 is 0.791. The van der Waals surface area contributed by atoms with Gasteiger partial charge < -0.3 is 10.6 Å². The summed E-state index contributed by atoms with van der Waals surface area (Å²) in [6, 6.07) is 5.12. The fraction of sp³-hybridized carbons (Fsp3) is 0.300. The predicted octanol–water partition coefficient (Wildman–Crippen LogP) is 2.13. The summed E-state index contributed by atoms with van der Waals surface area (Å²) in [4.78, 5) is 13.4. The lowest BCUT2D eigenvalue weighted by Gasteiger charge is -2.16. The summed E-state index contributed by atoms with van der Waals surface area (Å²) in [5.74, 6) is -0.0800. The summed E-state index contributed by atoms with van der Waals surface area (Å²) in [5.41, 5.74) is 5.94. The van der Waals surface area contributed by atoms with Gasteiger partial charge in [0.25, 0.3) is 5.91 Å². The van der Waals surface area contributed by atoms with E-state index in [1.54, 1.807) is 30.1 Å². The summed E-state index contributed by atoms with van der Waals surface area (Å²) in [6.45, 7) is 0.979. The van der Waals surface area contributed by atoms with Crippen molar-refractivity contribution in [3.63, 3.8) is 0 Å².